The fourth-order valence-corrected chi connectivity index (χ4v) is 3.25. The Morgan fingerprint density at radius 3 is 2.62 bits per heavy atom. The predicted octanol–water partition coefficient (Wildman–Crippen LogP) is 2.75. The van der Waals surface area contributed by atoms with Crippen molar-refractivity contribution >= 4 is 0 Å². The molecule has 0 spiro atoms. The van der Waals surface area contributed by atoms with Gasteiger partial charge in [-0.3, -0.25) is 0 Å². The molecule has 5 heteroatoms. The van der Waals surface area contributed by atoms with E-state index in [0.717, 1.165) is 5.56 Å². The molecule has 5 nitrogen and oxygen atoms in total. The lowest BCUT2D eigenvalue weighted by Gasteiger charge is -2.30. The highest BCUT2D eigenvalue weighted by molar-refractivity contribution is 5.42. The van der Waals surface area contributed by atoms with Gasteiger partial charge in [-0.05, 0) is 36.5 Å². The molecule has 0 heterocycles. The third-order valence-corrected chi connectivity index (χ3v) is 4.75. The first kappa shape index (κ1) is 19.0. The Balaban J connectivity index is 1.69. The van der Waals surface area contributed by atoms with Crippen molar-refractivity contribution in [2.45, 2.75) is 51.4 Å². The largest absolute Gasteiger partial charge is 0.493 e. The fraction of sp³-hybridized carbons (Fsp3) is 0.684. The van der Waals surface area contributed by atoms with Crippen molar-refractivity contribution in [1.29, 1.82) is 0 Å². The molecule has 1 aliphatic carbocycles. The molecule has 1 fully saturated rings. The number of benzene rings is 1. The molecule has 2 rings (SSSR count). The molecule has 1 aromatic rings. The quantitative estimate of drug-likeness (QED) is 0.725. The number of hydrogen-bond donors (Lipinski definition) is 2. The maximum Gasteiger partial charge on any atom is 0.161 e. The van der Waals surface area contributed by atoms with Crippen molar-refractivity contribution in [3.63, 3.8) is 0 Å². The van der Waals surface area contributed by atoms with Gasteiger partial charge >= 0.3 is 0 Å². The second-order valence-electron chi connectivity index (χ2n) is 6.63. The van der Waals surface area contributed by atoms with Gasteiger partial charge in [0.05, 0.1) is 33.5 Å². The summed E-state index contributed by atoms with van der Waals surface area (Å²) in [6.45, 7) is 3.64. The van der Waals surface area contributed by atoms with Crippen molar-refractivity contribution in [3.8, 4) is 11.5 Å². The first-order valence-electron chi connectivity index (χ1n) is 8.84. The molecular formula is C19H31NO4. The fourth-order valence-electron chi connectivity index (χ4n) is 3.25. The van der Waals surface area contributed by atoms with Gasteiger partial charge < -0.3 is 24.6 Å². The highest BCUT2D eigenvalue weighted by atomic mass is 16.5. The van der Waals surface area contributed by atoms with Gasteiger partial charge in [-0.1, -0.05) is 25.8 Å². The number of rotatable bonds is 9. The van der Waals surface area contributed by atoms with Gasteiger partial charge in [0.25, 0.3) is 0 Å². The van der Waals surface area contributed by atoms with E-state index < -0.39 is 6.10 Å². The molecule has 0 saturated heterocycles. The highest BCUT2D eigenvalue weighted by Gasteiger charge is 2.21. The molecule has 136 valence electrons. The van der Waals surface area contributed by atoms with Crippen LogP contribution in [0.3, 0.4) is 0 Å². The summed E-state index contributed by atoms with van der Waals surface area (Å²) < 4.78 is 16.1. The number of methoxy groups -OCH3 is 2. The summed E-state index contributed by atoms with van der Waals surface area (Å²) in [6, 6.07) is 6.22. The van der Waals surface area contributed by atoms with E-state index >= 15 is 0 Å². The zero-order valence-electron chi connectivity index (χ0n) is 15.1. The van der Waals surface area contributed by atoms with Crippen LogP contribution in [0, 0.1) is 5.92 Å². The molecule has 1 aromatic carbocycles. The molecule has 0 amide bonds. The number of ether oxygens (including phenoxy) is 3. The Labute approximate surface area is 145 Å². The molecule has 1 aliphatic rings. The Morgan fingerprint density at radius 2 is 1.92 bits per heavy atom. The van der Waals surface area contributed by atoms with E-state index in [2.05, 4.69) is 12.2 Å². The second kappa shape index (κ2) is 9.87. The standard InChI is InChI=1S/C19H31NO4/c1-14-6-4-5-7-17(14)20-11-16(21)13-24-12-15-8-9-18(22-2)19(10-15)23-3/h8-10,14,16-17,20-21H,4-7,11-13H2,1-3H3/t14-,16+,17-/m0/s1. The van der Waals surface area contributed by atoms with Crippen LogP contribution in [0.2, 0.25) is 0 Å². The van der Waals surface area contributed by atoms with Gasteiger partial charge in [-0.2, -0.15) is 0 Å². The molecule has 0 aromatic heterocycles. The second-order valence-corrected chi connectivity index (χ2v) is 6.63. The predicted molar refractivity (Wildman–Crippen MR) is 94.6 cm³/mol. The van der Waals surface area contributed by atoms with Crippen LogP contribution in [0.25, 0.3) is 0 Å². The number of nitrogens with one attached hydrogen (secondary N) is 1. The zero-order chi connectivity index (χ0) is 17.4. The lowest BCUT2D eigenvalue weighted by molar-refractivity contribution is 0.0259. The molecule has 24 heavy (non-hydrogen) atoms. The van der Waals surface area contributed by atoms with Gasteiger partial charge in [0.2, 0.25) is 0 Å². The molecule has 3 atom stereocenters. The zero-order valence-corrected chi connectivity index (χ0v) is 15.1. The van der Waals surface area contributed by atoms with Crippen molar-refractivity contribution < 1.29 is 19.3 Å². The van der Waals surface area contributed by atoms with Crippen LogP contribution in [0.5, 0.6) is 11.5 Å². The summed E-state index contributed by atoms with van der Waals surface area (Å²) in [5.41, 5.74) is 0.994. The number of aliphatic hydroxyl groups excluding tert-OH is 1. The third-order valence-electron chi connectivity index (χ3n) is 4.75. The van der Waals surface area contributed by atoms with E-state index in [0.29, 0.717) is 43.2 Å². The Hall–Kier alpha value is -1.30. The topological polar surface area (TPSA) is 60.0 Å². The lowest BCUT2D eigenvalue weighted by atomic mass is 9.86. The van der Waals surface area contributed by atoms with Crippen LogP contribution in [0.1, 0.15) is 38.2 Å². The van der Waals surface area contributed by atoms with Crippen LogP contribution in [-0.4, -0.2) is 44.6 Å². The smallest absolute Gasteiger partial charge is 0.161 e. The van der Waals surface area contributed by atoms with Crippen molar-refractivity contribution in [2.24, 2.45) is 5.92 Å². The summed E-state index contributed by atoms with van der Waals surface area (Å²) in [4.78, 5) is 0. The summed E-state index contributed by atoms with van der Waals surface area (Å²) in [5, 5.41) is 13.6. The number of aliphatic hydroxyl groups is 1. The Morgan fingerprint density at radius 1 is 1.17 bits per heavy atom. The van der Waals surface area contributed by atoms with Gasteiger partial charge in [0.15, 0.2) is 11.5 Å². The first-order valence-corrected chi connectivity index (χ1v) is 8.84. The van der Waals surface area contributed by atoms with Crippen LogP contribution < -0.4 is 14.8 Å². The Bertz CT molecular complexity index is 494. The van der Waals surface area contributed by atoms with Gasteiger partial charge in [-0.15, -0.1) is 0 Å². The SMILES string of the molecule is COc1ccc(COC[C@H](O)CN[C@H]2CCCC[C@@H]2C)cc1OC. The van der Waals surface area contributed by atoms with Crippen molar-refractivity contribution in [3.05, 3.63) is 23.8 Å². The lowest BCUT2D eigenvalue weighted by Crippen LogP contribution is -2.42. The van der Waals surface area contributed by atoms with Crippen LogP contribution in [0.4, 0.5) is 0 Å². The summed E-state index contributed by atoms with van der Waals surface area (Å²) in [7, 11) is 3.23. The van der Waals surface area contributed by atoms with E-state index in [1.807, 2.05) is 18.2 Å². The first-order chi connectivity index (χ1) is 11.6. The minimum atomic E-state index is -0.487. The van der Waals surface area contributed by atoms with E-state index in [1.54, 1.807) is 14.2 Å². The molecule has 2 N–H and O–H groups in total. The Kier molecular flexibility index (Phi) is 7.82. The van der Waals surface area contributed by atoms with Crippen molar-refractivity contribution in [2.75, 3.05) is 27.4 Å². The maximum atomic E-state index is 10.1. The molecule has 0 bridgehead atoms. The average Bonchev–Trinajstić information content (AvgIpc) is 2.61. The highest BCUT2D eigenvalue weighted by Crippen LogP contribution is 2.27. The van der Waals surface area contributed by atoms with Gasteiger partial charge in [-0.25, -0.2) is 0 Å². The van der Waals surface area contributed by atoms with Gasteiger partial charge in [0, 0.05) is 12.6 Å². The molecule has 1 saturated carbocycles. The van der Waals surface area contributed by atoms with E-state index in [4.69, 9.17) is 14.2 Å². The number of hydrogen-bond acceptors (Lipinski definition) is 5. The minimum Gasteiger partial charge on any atom is -0.493 e. The molecule has 0 aliphatic heterocycles. The summed E-state index contributed by atoms with van der Waals surface area (Å²) in [6.07, 6.45) is 4.62. The minimum absolute atomic E-state index is 0.322. The summed E-state index contributed by atoms with van der Waals surface area (Å²) >= 11 is 0. The summed E-state index contributed by atoms with van der Waals surface area (Å²) in [5.74, 6) is 2.08. The average molecular weight is 337 g/mol. The van der Waals surface area contributed by atoms with Crippen LogP contribution >= 0.6 is 0 Å². The molecule has 0 radical (unpaired) electrons. The monoisotopic (exact) mass is 337 g/mol. The third kappa shape index (κ3) is 5.65. The molecular weight excluding hydrogens is 306 g/mol. The van der Waals surface area contributed by atoms with Crippen molar-refractivity contribution in [1.82, 2.24) is 5.32 Å². The van der Waals surface area contributed by atoms with Crippen LogP contribution in [0.15, 0.2) is 18.2 Å². The van der Waals surface area contributed by atoms with E-state index in [9.17, 15) is 5.11 Å². The van der Waals surface area contributed by atoms with E-state index in [1.165, 1.54) is 25.7 Å². The van der Waals surface area contributed by atoms with Gasteiger partial charge in [0.1, 0.15) is 0 Å². The maximum absolute atomic E-state index is 10.1. The van der Waals surface area contributed by atoms with E-state index in [-0.39, 0.29) is 0 Å². The normalized spacial score (nSPS) is 22.2. The molecule has 0 unspecified atom stereocenters. The van der Waals surface area contributed by atoms with Crippen LogP contribution in [-0.2, 0) is 11.3 Å².